The summed E-state index contributed by atoms with van der Waals surface area (Å²) in [6.07, 6.45) is 0. The van der Waals surface area contributed by atoms with Crippen molar-refractivity contribution >= 4 is 27.2 Å². The molecule has 0 spiro atoms. The Morgan fingerprint density at radius 2 is 1.29 bits per heavy atom. The molecule has 2 aromatic rings. The van der Waals surface area contributed by atoms with E-state index >= 15 is 0 Å². The number of hydrogen-bond donors (Lipinski definition) is 0. The molecule has 0 amide bonds. The molecule has 0 aliphatic heterocycles. The van der Waals surface area contributed by atoms with E-state index in [1.807, 2.05) is 0 Å². The summed E-state index contributed by atoms with van der Waals surface area (Å²) in [5.41, 5.74) is 0. The maximum atomic E-state index is 2.42. The molecule has 0 saturated carbocycles. The molecule has 0 N–H and O–H groups in total. The molecule has 2 heteroatoms. The summed E-state index contributed by atoms with van der Waals surface area (Å²) < 4.78 is 0. The lowest BCUT2D eigenvalue weighted by atomic mass is 10.4. The van der Waals surface area contributed by atoms with E-state index in [-0.39, 0.29) is 0 Å². The van der Waals surface area contributed by atoms with Crippen LogP contribution in [0.15, 0.2) is 60.7 Å². The van der Waals surface area contributed by atoms with Gasteiger partial charge in [0.1, 0.15) is 0 Å². The lowest BCUT2D eigenvalue weighted by Crippen LogP contribution is -2.39. The fourth-order valence-corrected chi connectivity index (χ4v) is 4.96. The van der Waals surface area contributed by atoms with Gasteiger partial charge in [0.15, 0.2) is 0 Å². The first-order valence-electron chi connectivity index (χ1n) is 8.11. The van der Waals surface area contributed by atoms with E-state index in [1.165, 1.54) is 12.1 Å². The van der Waals surface area contributed by atoms with Crippen LogP contribution in [0.3, 0.4) is 0 Å². The van der Waals surface area contributed by atoms with Gasteiger partial charge in [0, 0.05) is 0 Å². The van der Waals surface area contributed by atoms with Crippen LogP contribution < -0.4 is 10.4 Å². The van der Waals surface area contributed by atoms with Crippen LogP contribution >= 0.6 is 0 Å². The second-order valence-electron chi connectivity index (χ2n) is 6.32. The number of hydrogen-bond acceptors (Lipinski definition) is 0. The summed E-state index contributed by atoms with van der Waals surface area (Å²) in [6.45, 7) is 11.8. The van der Waals surface area contributed by atoms with Crippen molar-refractivity contribution in [1.82, 2.24) is 0 Å². The molecule has 2 aromatic carbocycles. The average molecular weight is 315 g/mol. The minimum atomic E-state index is -1.05. The Morgan fingerprint density at radius 3 is 1.71 bits per heavy atom. The van der Waals surface area contributed by atoms with Crippen molar-refractivity contribution in [2.45, 2.75) is 45.6 Å². The molecule has 114 valence electrons. The van der Waals surface area contributed by atoms with Crippen LogP contribution in [0.5, 0.6) is 0 Å². The molecule has 0 aromatic heterocycles. The number of rotatable bonds is 4. The van der Waals surface area contributed by atoms with Crippen molar-refractivity contribution in [3.8, 4) is 0 Å². The van der Waals surface area contributed by atoms with E-state index in [2.05, 4.69) is 94.2 Å². The molecule has 21 heavy (non-hydrogen) atoms. The first-order chi connectivity index (χ1) is 10.0. The van der Waals surface area contributed by atoms with Gasteiger partial charge < -0.3 is 0 Å². The highest BCUT2D eigenvalue weighted by atomic mass is 28.3. The Bertz CT molecular complexity index is 491. The molecular weight excluding hydrogens is 284 g/mol. The fraction of sp³-hybridized carbons (Fsp3) is 0.368. The molecular formula is C19H30Si2. The minimum absolute atomic E-state index is 0.540. The van der Waals surface area contributed by atoms with Crippen LogP contribution in [0.1, 0.15) is 13.8 Å². The third-order valence-corrected chi connectivity index (χ3v) is 10.8. The Kier molecular flexibility index (Phi) is 7.69. The molecule has 0 radical (unpaired) electrons. The molecule has 0 saturated heterocycles. The van der Waals surface area contributed by atoms with Crippen LogP contribution in [0.25, 0.3) is 0 Å². The summed E-state index contributed by atoms with van der Waals surface area (Å²) >= 11 is 0. The predicted octanol–water partition coefficient (Wildman–Crippen LogP) is 4.39. The van der Waals surface area contributed by atoms with E-state index in [1.54, 1.807) is 10.4 Å². The molecule has 0 heterocycles. The molecule has 0 aliphatic rings. The lowest BCUT2D eigenvalue weighted by molar-refractivity contribution is 1.37. The van der Waals surface area contributed by atoms with Crippen molar-refractivity contribution in [2.75, 3.05) is 0 Å². The van der Waals surface area contributed by atoms with Crippen LogP contribution in [0.4, 0.5) is 0 Å². The van der Waals surface area contributed by atoms with Gasteiger partial charge in [-0.05, 0) is 0 Å². The van der Waals surface area contributed by atoms with Crippen molar-refractivity contribution in [3.63, 3.8) is 0 Å². The van der Waals surface area contributed by atoms with Crippen molar-refractivity contribution in [1.29, 1.82) is 0 Å². The molecule has 0 nitrogen and oxygen atoms in total. The SMILES string of the molecule is CC[SiH](C)c1ccccc1.CC[Si](C)(C)c1ccccc1. The van der Waals surface area contributed by atoms with E-state index in [4.69, 9.17) is 0 Å². The zero-order chi connectivity index (χ0) is 15.7. The van der Waals surface area contributed by atoms with E-state index in [0.717, 1.165) is 0 Å². The molecule has 1 unspecified atom stereocenters. The third kappa shape index (κ3) is 6.02. The van der Waals surface area contributed by atoms with Crippen LogP contribution in [0, 0.1) is 0 Å². The highest BCUT2D eigenvalue weighted by molar-refractivity contribution is 6.89. The van der Waals surface area contributed by atoms with E-state index < -0.39 is 16.9 Å². The monoisotopic (exact) mass is 314 g/mol. The van der Waals surface area contributed by atoms with Gasteiger partial charge >= 0.3 is 0 Å². The Labute approximate surface area is 133 Å². The maximum absolute atomic E-state index is 2.42. The van der Waals surface area contributed by atoms with Gasteiger partial charge in [0.2, 0.25) is 0 Å². The summed E-state index contributed by atoms with van der Waals surface area (Å²) in [7, 11) is -1.59. The Morgan fingerprint density at radius 1 is 0.810 bits per heavy atom. The van der Waals surface area contributed by atoms with Crippen molar-refractivity contribution in [3.05, 3.63) is 60.7 Å². The Balaban J connectivity index is 0.000000211. The maximum Gasteiger partial charge on any atom is 0.0803 e. The first kappa shape index (κ1) is 17.9. The van der Waals surface area contributed by atoms with E-state index in [9.17, 15) is 0 Å². The second kappa shape index (κ2) is 9.01. The Hall–Kier alpha value is -1.13. The standard InChI is InChI=1S/C10H16Si.C9H14Si/c1-4-11(2,3)10-8-6-5-7-9-10;1-3-10(2)9-7-5-4-6-8-9/h5-9H,4H2,1-3H3;4-8,10H,3H2,1-2H3. The van der Waals surface area contributed by atoms with Crippen LogP contribution in [0.2, 0.25) is 31.7 Å². The second-order valence-corrected chi connectivity index (χ2v) is 14.7. The normalized spacial score (nSPS) is 12.2. The molecule has 2 rings (SSSR count). The summed E-state index contributed by atoms with van der Waals surface area (Å²) in [6, 6.07) is 24.4. The highest BCUT2D eigenvalue weighted by Crippen LogP contribution is 2.07. The van der Waals surface area contributed by atoms with Gasteiger partial charge in [-0.3, -0.25) is 0 Å². The van der Waals surface area contributed by atoms with Gasteiger partial charge in [-0.15, -0.1) is 0 Å². The van der Waals surface area contributed by atoms with Crippen molar-refractivity contribution < 1.29 is 0 Å². The summed E-state index contributed by atoms with van der Waals surface area (Å²) in [5.74, 6) is 0. The smallest absolute Gasteiger partial charge is 0.0680 e. The zero-order valence-electron chi connectivity index (χ0n) is 14.3. The quantitative estimate of drug-likeness (QED) is 0.734. The molecule has 0 bridgehead atoms. The van der Waals surface area contributed by atoms with Gasteiger partial charge in [-0.1, -0.05) is 117 Å². The summed E-state index contributed by atoms with van der Waals surface area (Å²) in [5, 5.41) is 3.16. The lowest BCUT2D eigenvalue weighted by Gasteiger charge is -2.20. The molecule has 1 atom stereocenters. The molecule has 0 fully saturated rings. The van der Waals surface area contributed by atoms with Gasteiger partial charge in [0.25, 0.3) is 0 Å². The highest BCUT2D eigenvalue weighted by Gasteiger charge is 2.19. The summed E-state index contributed by atoms with van der Waals surface area (Å²) in [4.78, 5) is 0. The first-order valence-corrected chi connectivity index (χ1v) is 13.9. The topological polar surface area (TPSA) is 0 Å². The third-order valence-electron chi connectivity index (χ3n) is 4.42. The van der Waals surface area contributed by atoms with Crippen LogP contribution in [-0.4, -0.2) is 16.9 Å². The minimum Gasteiger partial charge on any atom is -0.0680 e. The molecule has 0 aliphatic carbocycles. The van der Waals surface area contributed by atoms with Crippen molar-refractivity contribution in [2.24, 2.45) is 0 Å². The number of benzene rings is 2. The predicted molar refractivity (Wildman–Crippen MR) is 104 cm³/mol. The van der Waals surface area contributed by atoms with Gasteiger partial charge in [-0.25, -0.2) is 0 Å². The largest absolute Gasteiger partial charge is 0.0803 e. The average Bonchev–Trinajstić information content (AvgIpc) is 2.56. The fourth-order valence-electron chi connectivity index (χ4n) is 2.11. The van der Waals surface area contributed by atoms with E-state index in [0.29, 0.717) is 0 Å². The van der Waals surface area contributed by atoms with Crippen LogP contribution in [-0.2, 0) is 0 Å². The zero-order valence-corrected chi connectivity index (χ0v) is 16.4. The van der Waals surface area contributed by atoms with Gasteiger partial charge in [0.05, 0.1) is 16.9 Å². The van der Waals surface area contributed by atoms with Gasteiger partial charge in [-0.2, -0.15) is 0 Å².